The molecule has 2 fully saturated rings. The first kappa shape index (κ1) is 20.7. The van der Waals surface area contributed by atoms with Gasteiger partial charge in [-0.15, -0.1) is 0 Å². The number of anilines is 2. The molecule has 3 heterocycles. The van der Waals surface area contributed by atoms with E-state index in [0.29, 0.717) is 16.4 Å². The van der Waals surface area contributed by atoms with Crippen molar-refractivity contribution < 1.29 is 14.4 Å². The Morgan fingerprint density at radius 1 is 0.853 bits per heavy atom. The van der Waals surface area contributed by atoms with Gasteiger partial charge >= 0.3 is 0 Å². The minimum atomic E-state index is -0.833. The van der Waals surface area contributed by atoms with Gasteiger partial charge in [-0.25, -0.2) is 4.90 Å². The molecule has 3 amide bonds. The molecular formula is C27H20ClN3O3. The van der Waals surface area contributed by atoms with E-state index in [-0.39, 0.29) is 17.7 Å². The van der Waals surface area contributed by atoms with Crippen molar-refractivity contribution >= 4 is 46.8 Å². The van der Waals surface area contributed by atoms with Gasteiger partial charge in [0, 0.05) is 16.9 Å². The molecule has 6 nitrogen and oxygen atoms in total. The van der Waals surface area contributed by atoms with Gasteiger partial charge in [0.1, 0.15) is 6.04 Å². The molecule has 34 heavy (non-hydrogen) atoms. The van der Waals surface area contributed by atoms with Crippen LogP contribution < -0.4 is 10.2 Å². The summed E-state index contributed by atoms with van der Waals surface area (Å²) >= 11 is 6.16. The number of halogens is 1. The number of nitrogens with one attached hydrogen (secondary N) is 1. The second kappa shape index (κ2) is 7.85. The minimum Gasteiger partial charge on any atom is -0.357 e. The number of imide groups is 1. The summed E-state index contributed by atoms with van der Waals surface area (Å²) in [7, 11) is 0. The standard InChI is InChI=1S/C27H20ClN3O3/c28-17-8-6-11-19(15-17)31-26(33)21-22(27(31)34)24(25(32)29-18-9-2-1-3-10-18)30-14-13-16-7-4-5-12-20(16)23(21)30/h1-15,21-24H,(H,29,32)/t21-,22+,23+,24-/m1/s1. The SMILES string of the molecule is O=C(Nc1ccccc1)[C@H]1[C@H]2C(=O)N(c3cccc(Cl)c3)C(=O)[C@H]2[C@@H]2c3ccccc3C=CN12. The molecule has 7 heteroatoms. The number of nitrogens with zero attached hydrogens (tertiary/aromatic N) is 2. The zero-order chi connectivity index (χ0) is 23.4. The Bertz CT molecular complexity index is 1360. The lowest BCUT2D eigenvalue weighted by Crippen LogP contribution is -2.46. The highest BCUT2D eigenvalue weighted by molar-refractivity contribution is 6.31. The zero-order valence-electron chi connectivity index (χ0n) is 18.0. The van der Waals surface area contributed by atoms with E-state index in [2.05, 4.69) is 5.32 Å². The second-order valence-electron chi connectivity index (χ2n) is 8.68. The largest absolute Gasteiger partial charge is 0.357 e. The van der Waals surface area contributed by atoms with Crippen LogP contribution in [0.1, 0.15) is 17.2 Å². The highest BCUT2D eigenvalue weighted by atomic mass is 35.5. The first-order valence-corrected chi connectivity index (χ1v) is 11.5. The van der Waals surface area contributed by atoms with E-state index in [0.717, 1.165) is 11.1 Å². The monoisotopic (exact) mass is 469 g/mol. The Morgan fingerprint density at radius 2 is 1.59 bits per heavy atom. The van der Waals surface area contributed by atoms with Gasteiger partial charge in [0.25, 0.3) is 0 Å². The first-order chi connectivity index (χ1) is 16.5. The molecule has 3 aliphatic heterocycles. The van der Waals surface area contributed by atoms with Crippen LogP contribution in [0.2, 0.25) is 5.02 Å². The molecule has 6 rings (SSSR count). The lowest BCUT2D eigenvalue weighted by Gasteiger charge is -2.35. The molecule has 1 N–H and O–H groups in total. The van der Waals surface area contributed by atoms with E-state index in [1.54, 1.807) is 36.4 Å². The number of hydrogen-bond donors (Lipinski definition) is 1. The maximum Gasteiger partial charge on any atom is 0.247 e. The molecule has 0 aliphatic carbocycles. The van der Waals surface area contributed by atoms with Crippen molar-refractivity contribution in [2.75, 3.05) is 10.2 Å². The smallest absolute Gasteiger partial charge is 0.247 e. The molecule has 3 aromatic carbocycles. The molecular weight excluding hydrogens is 450 g/mol. The van der Waals surface area contributed by atoms with Gasteiger partial charge in [0.15, 0.2) is 0 Å². The normalized spacial score (nSPS) is 24.6. The third-order valence-corrected chi connectivity index (χ3v) is 7.07. The van der Waals surface area contributed by atoms with E-state index >= 15 is 0 Å². The van der Waals surface area contributed by atoms with Gasteiger partial charge < -0.3 is 10.2 Å². The summed E-state index contributed by atoms with van der Waals surface area (Å²) in [6.45, 7) is 0. The Hall–Kier alpha value is -3.90. The number of fused-ring (bicyclic) bond motifs is 5. The summed E-state index contributed by atoms with van der Waals surface area (Å²) in [5.41, 5.74) is 2.97. The van der Waals surface area contributed by atoms with Crippen molar-refractivity contribution in [2.45, 2.75) is 12.1 Å². The van der Waals surface area contributed by atoms with Gasteiger partial charge in [-0.1, -0.05) is 60.1 Å². The molecule has 4 atom stereocenters. The molecule has 0 aromatic heterocycles. The predicted molar refractivity (Wildman–Crippen MR) is 130 cm³/mol. The summed E-state index contributed by atoms with van der Waals surface area (Å²) < 4.78 is 0. The second-order valence-corrected chi connectivity index (χ2v) is 9.12. The third-order valence-electron chi connectivity index (χ3n) is 6.84. The number of hydrogen-bond acceptors (Lipinski definition) is 4. The Kier molecular flexibility index (Phi) is 4.78. The number of benzene rings is 3. The molecule has 0 spiro atoms. The van der Waals surface area contributed by atoms with Crippen LogP contribution in [0.5, 0.6) is 0 Å². The van der Waals surface area contributed by atoms with Crippen molar-refractivity contribution in [1.82, 2.24) is 4.90 Å². The van der Waals surface area contributed by atoms with Crippen molar-refractivity contribution in [3.05, 3.63) is 101 Å². The molecule has 2 saturated heterocycles. The highest BCUT2D eigenvalue weighted by Gasteiger charge is 2.64. The van der Waals surface area contributed by atoms with E-state index in [1.807, 2.05) is 59.6 Å². The number of carbonyl (C=O) groups is 3. The van der Waals surface area contributed by atoms with Crippen molar-refractivity contribution in [3.8, 4) is 0 Å². The molecule has 3 aliphatic rings. The van der Waals surface area contributed by atoms with E-state index in [9.17, 15) is 14.4 Å². The van der Waals surface area contributed by atoms with Crippen LogP contribution in [0.15, 0.2) is 85.1 Å². The van der Waals surface area contributed by atoms with Crippen LogP contribution >= 0.6 is 11.6 Å². The van der Waals surface area contributed by atoms with E-state index < -0.39 is 23.9 Å². The van der Waals surface area contributed by atoms with Crippen LogP contribution in [0, 0.1) is 11.8 Å². The summed E-state index contributed by atoms with van der Waals surface area (Å²) in [4.78, 5) is 44.2. The Labute approximate surface area is 201 Å². The molecule has 0 radical (unpaired) electrons. The third kappa shape index (κ3) is 3.06. The van der Waals surface area contributed by atoms with E-state index in [4.69, 9.17) is 11.6 Å². The van der Waals surface area contributed by atoms with Gasteiger partial charge in [-0.3, -0.25) is 14.4 Å². The van der Waals surface area contributed by atoms with Crippen LogP contribution in [0.4, 0.5) is 11.4 Å². The van der Waals surface area contributed by atoms with Crippen LogP contribution in [-0.2, 0) is 14.4 Å². The Morgan fingerprint density at radius 3 is 2.38 bits per heavy atom. The number of amides is 3. The summed E-state index contributed by atoms with van der Waals surface area (Å²) in [5.74, 6) is -2.53. The molecule has 0 saturated carbocycles. The predicted octanol–water partition coefficient (Wildman–Crippen LogP) is 4.49. The van der Waals surface area contributed by atoms with Crippen LogP contribution in [0.3, 0.4) is 0 Å². The fraction of sp³-hybridized carbons (Fsp3) is 0.148. The van der Waals surface area contributed by atoms with Gasteiger partial charge in [0.2, 0.25) is 17.7 Å². The molecule has 168 valence electrons. The van der Waals surface area contributed by atoms with Gasteiger partial charge in [0.05, 0.1) is 23.6 Å². The minimum absolute atomic E-state index is 0.313. The van der Waals surface area contributed by atoms with Crippen molar-refractivity contribution in [3.63, 3.8) is 0 Å². The molecule has 0 bridgehead atoms. The number of carbonyl (C=O) groups excluding carboxylic acids is 3. The maximum atomic E-state index is 13.8. The van der Waals surface area contributed by atoms with Crippen LogP contribution in [-0.4, -0.2) is 28.7 Å². The highest BCUT2D eigenvalue weighted by Crippen LogP contribution is 2.53. The van der Waals surface area contributed by atoms with Crippen LogP contribution in [0.25, 0.3) is 6.08 Å². The average Bonchev–Trinajstić information content (AvgIpc) is 3.32. The average molecular weight is 470 g/mol. The maximum absolute atomic E-state index is 13.8. The van der Waals surface area contributed by atoms with Crippen molar-refractivity contribution in [2.24, 2.45) is 11.8 Å². The zero-order valence-corrected chi connectivity index (χ0v) is 18.7. The lowest BCUT2D eigenvalue weighted by atomic mass is 9.84. The first-order valence-electron chi connectivity index (χ1n) is 11.1. The number of para-hydroxylation sites is 1. The van der Waals surface area contributed by atoms with Crippen molar-refractivity contribution in [1.29, 1.82) is 0 Å². The van der Waals surface area contributed by atoms with E-state index in [1.165, 1.54) is 4.90 Å². The Balaban J connectivity index is 1.46. The topological polar surface area (TPSA) is 69.7 Å². The summed E-state index contributed by atoms with van der Waals surface area (Å²) in [5, 5.41) is 3.37. The van der Waals surface area contributed by atoms with Gasteiger partial charge in [-0.2, -0.15) is 0 Å². The van der Waals surface area contributed by atoms with Gasteiger partial charge in [-0.05, 0) is 47.5 Å². The number of rotatable bonds is 3. The summed E-state index contributed by atoms with van der Waals surface area (Å²) in [6, 6.07) is 22.3. The molecule has 3 aromatic rings. The summed E-state index contributed by atoms with van der Waals surface area (Å²) in [6.07, 6.45) is 3.77. The fourth-order valence-electron chi connectivity index (χ4n) is 5.46. The fourth-order valence-corrected chi connectivity index (χ4v) is 5.65. The molecule has 0 unspecified atom stereocenters. The lowest BCUT2D eigenvalue weighted by molar-refractivity contribution is -0.128. The quantitative estimate of drug-likeness (QED) is 0.574.